The Morgan fingerprint density at radius 2 is 1.72 bits per heavy atom. The van der Waals surface area contributed by atoms with Gasteiger partial charge in [-0.25, -0.2) is 0 Å². The molecular weight excluding hydrogens is 400 g/mol. The molecule has 0 bridgehead atoms. The molecule has 168 valence electrons. The summed E-state index contributed by atoms with van der Waals surface area (Å²) in [6.07, 6.45) is 6.75. The van der Waals surface area contributed by atoms with Crippen LogP contribution in [0, 0.1) is 5.92 Å². The first-order valence-electron chi connectivity index (χ1n) is 11.4. The number of anilines is 2. The van der Waals surface area contributed by atoms with Gasteiger partial charge < -0.3 is 20.9 Å². The summed E-state index contributed by atoms with van der Waals surface area (Å²) in [5.41, 5.74) is 9.14. The summed E-state index contributed by atoms with van der Waals surface area (Å²) >= 11 is 0. The molecule has 0 aliphatic carbocycles. The van der Waals surface area contributed by atoms with Gasteiger partial charge >= 0.3 is 0 Å². The molecule has 4 rings (SSSR count). The average Bonchev–Trinajstić information content (AvgIpc) is 3.21. The first-order chi connectivity index (χ1) is 15.5. The van der Waals surface area contributed by atoms with Crippen molar-refractivity contribution in [2.45, 2.75) is 25.2 Å². The molecule has 2 fully saturated rings. The van der Waals surface area contributed by atoms with Gasteiger partial charge in [0.25, 0.3) is 0 Å². The molecule has 32 heavy (non-hydrogen) atoms. The Kier molecular flexibility index (Phi) is 6.90. The van der Waals surface area contributed by atoms with Crippen molar-refractivity contribution in [1.82, 2.24) is 9.80 Å². The van der Waals surface area contributed by atoms with Crippen LogP contribution in [-0.2, 0) is 9.59 Å². The maximum Gasteiger partial charge on any atom is 0.248 e. The molecule has 0 aromatic heterocycles. The highest BCUT2D eigenvalue weighted by Gasteiger charge is 2.39. The third-order valence-corrected chi connectivity index (χ3v) is 6.50. The Labute approximate surface area is 190 Å². The minimum Gasteiger partial charge on any atom is -0.397 e. The Hall–Kier alpha value is -3.12. The van der Waals surface area contributed by atoms with Crippen molar-refractivity contribution in [2.24, 2.45) is 5.92 Å². The van der Waals surface area contributed by atoms with Crippen molar-refractivity contribution < 1.29 is 9.59 Å². The van der Waals surface area contributed by atoms with Crippen LogP contribution in [0.1, 0.15) is 36.3 Å². The fraction of sp³-hybridized carbons (Fsp3) is 0.385. The van der Waals surface area contributed by atoms with E-state index in [0.29, 0.717) is 17.3 Å². The number of rotatable bonds is 5. The summed E-state index contributed by atoms with van der Waals surface area (Å²) in [6, 6.07) is 15.4. The molecule has 2 aliphatic heterocycles. The second-order valence-electron chi connectivity index (χ2n) is 8.90. The molecule has 3 N–H and O–H groups in total. The first-order valence-corrected chi connectivity index (χ1v) is 11.4. The predicted octanol–water partition coefficient (Wildman–Crippen LogP) is 3.58. The molecule has 2 aliphatic rings. The number of likely N-dealkylation sites (tertiary alicyclic amines) is 2. The molecule has 2 aromatic rings. The van der Waals surface area contributed by atoms with Crippen LogP contribution in [0.25, 0.3) is 6.08 Å². The predicted molar refractivity (Wildman–Crippen MR) is 129 cm³/mol. The Bertz CT molecular complexity index is 980. The smallest absolute Gasteiger partial charge is 0.248 e. The van der Waals surface area contributed by atoms with E-state index < -0.39 is 0 Å². The minimum atomic E-state index is -0.225. The molecule has 0 radical (unpaired) electrons. The molecule has 2 aromatic carbocycles. The third-order valence-electron chi connectivity index (χ3n) is 6.50. The van der Waals surface area contributed by atoms with Crippen LogP contribution in [0.15, 0.2) is 54.6 Å². The molecule has 0 unspecified atom stereocenters. The summed E-state index contributed by atoms with van der Waals surface area (Å²) in [6.45, 7) is 3.49. The van der Waals surface area contributed by atoms with Crippen molar-refractivity contribution in [3.63, 3.8) is 0 Å². The average molecular weight is 433 g/mol. The number of nitrogens with one attached hydrogen (secondary N) is 1. The summed E-state index contributed by atoms with van der Waals surface area (Å²) in [5, 5.41) is 2.79. The lowest BCUT2D eigenvalue weighted by molar-refractivity contribution is -0.136. The number of carbonyl (C=O) groups is 2. The lowest BCUT2D eigenvalue weighted by atomic mass is 9.87. The highest BCUT2D eigenvalue weighted by Crippen LogP contribution is 2.34. The Balaban J connectivity index is 1.40. The quantitative estimate of drug-likeness (QED) is 0.559. The van der Waals surface area contributed by atoms with E-state index in [2.05, 4.69) is 34.3 Å². The maximum absolute atomic E-state index is 13.2. The van der Waals surface area contributed by atoms with Gasteiger partial charge in [-0.3, -0.25) is 9.59 Å². The molecule has 6 nitrogen and oxygen atoms in total. The third kappa shape index (κ3) is 5.19. The number of hydrogen-bond acceptors (Lipinski definition) is 4. The van der Waals surface area contributed by atoms with E-state index in [0.717, 1.165) is 44.6 Å². The number of para-hydroxylation sites is 2. The fourth-order valence-electron chi connectivity index (χ4n) is 4.75. The van der Waals surface area contributed by atoms with Crippen molar-refractivity contribution in [2.75, 3.05) is 44.3 Å². The van der Waals surface area contributed by atoms with E-state index >= 15 is 0 Å². The highest BCUT2D eigenvalue weighted by atomic mass is 16.2. The van der Waals surface area contributed by atoms with Crippen molar-refractivity contribution in [3.05, 3.63) is 65.7 Å². The van der Waals surface area contributed by atoms with Gasteiger partial charge in [0, 0.05) is 38.2 Å². The minimum absolute atomic E-state index is 0.0154. The lowest BCUT2D eigenvalue weighted by Crippen LogP contribution is -2.41. The summed E-state index contributed by atoms with van der Waals surface area (Å²) < 4.78 is 0. The SMILES string of the molecule is CN1C[C@H](C(=O)N2CCCCC2)[C@@H](c2ccc(/C=C/C(=O)Nc3ccccc3N)cc2)C1. The van der Waals surface area contributed by atoms with Crippen LogP contribution in [0.4, 0.5) is 11.4 Å². The monoisotopic (exact) mass is 432 g/mol. The number of nitrogens with two attached hydrogens (primary N) is 1. The fourth-order valence-corrected chi connectivity index (χ4v) is 4.75. The van der Waals surface area contributed by atoms with E-state index in [1.807, 2.05) is 24.3 Å². The Morgan fingerprint density at radius 3 is 2.44 bits per heavy atom. The number of nitrogens with zero attached hydrogens (tertiary/aromatic N) is 2. The number of likely N-dealkylation sites (N-methyl/N-ethyl adjacent to an activating group) is 1. The van der Waals surface area contributed by atoms with Crippen LogP contribution in [0.3, 0.4) is 0 Å². The Morgan fingerprint density at radius 1 is 1.00 bits per heavy atom. The molecule has 2 amide bonds. The number of hydrogen-bond donors (Lipinski definition) is 2. The van der Waals surface area contributed by atoms with Crippen LogP contribution in [-0.4, -0.2) is 54.8 Å². The summed E-state index contributed by atoms with van der Waals surface area (Å²) in [4.78, 5) is 29.7. The summed E-state index contributed by atoms with van der Waals surface area (Å²) in [7, 11) is 2.09. The number of benzene rings is 2. The zero-order valence-corrected chi connectivity index (χ0v) is 18.7. The van der Waals surface area contributed by atoms with Gasteiger partial charge in [-0.05, 0) is 55.6 Å². The van der Waals surface area contributed by atoms with Gasteiger partial charge in [-0.15, -0.1) is 0 Å². The molecule has 0 saturated carbocycles. The second kappa shape index (κ2) is 10.0. The van der Waals surface area contributed by atoms with E-state index in [9.17, 15) is 9.59 Å². The van der Waals surface area contributed by atoms with Crippen LogP contribution in [0.5, 0.6) is 0 Å². The van der Waals surface area contributed by atoms with Gasteiger partial charge in [0.15, 0.2) is 0 Å². The largest absolute Gasteiger partial charge is 0.397 e. The molecule has 2 saturated heterocycles. The van der Waals surface area contributed by atoms with Gasteiger partial charge in [-0.1, -0.05) is 36.4 Å². The van der Waals surface area contributed by atoms with Crippen molar-refractivity contribution in [1.29, 1.82) is 0 Å². The summed E-state index contributed by atoms with van der Waals surface area (Å²) in [5.74, 6) is 0.301. The topological polar surface area (TPSA) is 78.7 Å². The number of nitrogen functional groups attached to an aromatic ring is 1. The number of amides is 2. The zero-order valence-electron chi connectivity index (χ0n) is 18.7. The van der Waals surface area contributed by atoms with Crippen LogP contribution >= 0.6 is 0 Å². The van der Waals surface area contributed by atoms with Crippen molar-refractivity contribution >= 4 is 29.3 Å². The standard InChI is InChI=1S/C26H32N4O2/c1-29-17-21(22(18-29)26(32)30-15-5-2-6-16-30)20-12-9-19(10-13-20)11-14-25(31)28-24-8-4-3-7-23(24)27/h3-4,7-14,21-22H,2,5-6,15-18,27H2,1H3,(H,28,31)/b14-11+/t21-,22+/m1/s1. The van der Waals surface area contributed by atoms with E-state index in [1.165, 1.54) is 18.1 Å². The molecule has 2 atom stereocenters. The zero-order chi connectivity index (χ0) is 22.5. The highest BCUT2D eigenvalue weighted by molar-refractivity contribution is 6.03. The molecule has 6 heteroatoms. The van der Waals surface area contributed by atoms with Crippen molar-refractivity contribution in [3.8, 4) is 0 Å². The molecule has 2 heterocycles. The number of piperidine rings is 1. The second-order valence-corrected chi connectivity index (χ2v) is 8.90. The van der Waals surface area contributed by atoms with E-state index in [4.69, 9.17) is 5.73 Å². The normalized spacial score (nSPS) is 21.7. The van der Waals surface area contributed by atoms with Gasteiger partial charge in [0.2, 0.25) is 11.8 Å². The number of carbonyl (C=O) groups excluding carboxylic acids is 2. The van der Waals surface area contributed by atoms with E-state index in [1.54, 1.807) is 18.2 Å². The maximum atomic E-state index is 13.2. The van der Waals surface area contributed by atoms with Crippen LogP contribution < -0.4 is 11.1 Å². The van der Waals surface area contributed by atoms with Gasteiger partial charge in [0.1, 0.15) is 0 Å². The van der Waals surface area contributed by atoms with Gasteiger partial charge in [0.05, 0.1) is 17.3 Å². The van der Waals surface area contributed by atoms with Gasteiger partial charge in [-0.2, -0.15) is 0 Å². The molecular formula is C26H32N4O2. The first kappa shape index (κ1) is 22.1. The lowest BCUT2D eigenvalue weighted by Gasteiger charge is -2.31. The molecule has 0 spiro atoms. The van der Waals surface area contributed by atoms with E-state index in [-0.39, 0.29) is 17.7 Å². The van der Waals surface area contributed by atoms with Crippen LogP contribution in [0.2, 0.25) is 0 Å².